The number of carbonyl (C=O) groups excluding carboxylic acids is 1. The van der Waals surface area contributed by atoms with Crippen LogP contribution in [0.5, 0.6) is 5.88 Å². The van der Waals surface area contributed by atoms with Crippen molar-refractivity contribution >= 4 is 21.6 Å². The first kappa shape index (κ1) is 20.3. The van der Waals surface area contributed by atoms with Gasteiger partial charge in [0.15, 0.2) is 9.84 Å². The van der Waals surface area contributed by atoms with Gasteiger partial charge in [0.1, 0.15) is 11.4 Å². The van der Waals surface area contributed by atoms with Crippen LogP contribution in [0, 0.1) is 0 Å². The van der Waals surface area contributed by atoms with Gasteiger partial charge in [-0.05, 0) is 25.5 Å². The Bertz CT molecular complexity index is 976. The maximum absolute atomic E-state index is 12.9. The average Bonchev–Trinajstić information content (AvgIpc) is 3.18. The zero-order chi connectivity index (χ0) is 20.5. The van der Waals surface area contributed by atoms with E-state index in [4.69, 9.17) is 4.74 Å². The molecular weight excluding hydrogens is 380 g/mol. The van der Waals surface area contributed by atoms with E-state index in [-0.39, 0.29) is 34.7 Å². The van der Waals surface area contributed by atoms with Crippen molar-refractivity contribution in [2.24, 2.45) is 0 Å². The molecule has 0 saturated carbocycles. The molecule has 28 heavy (non-hydrogen) atoms. The summed E-state index contributed by atoms with van der Waals surface area (Å²) in [6.07, 6.45) is 2.04. The van der Waals surface area contributed by atoms with Gasteiger partial charge in [-0.25, -0.2) is 18.1 Å². The van der Waals surface area contributed by atoms with Crippen LogP contribution in [0.1, 0.15) is 56.2 Å². The Labute approximate surface area is 165 Å². The van der Waals surface area contributed by atoms with Gasteiger partial charge in [-0.1, -0.05) is 20.8 Å². The molecule has 0 aromatic carbocycles. The molecule has 2 aromatic heterocycles. The molecule has 1 N–H and O–H groups in total. The summed E-state index contributed by atoms with van der Waals surface area (Å²) in [6.45, 7) is 8.27. The topological polar surface area (TPSA) is 103 Å². The number of hydrogen-bond acceptors (Lipinski definition) is 6. The average molecular weight is 407 g/mol. The Morgan fingerprint density at radius 1 is 1.39 bits per heavy atom. The largest absolute Gasteiger partial charge is 0.477 e. The lowest BCUT2D eigenvalue weighted by molar-refractivity contribution is 0.102. The molecule has 1 aliphatic heterocycles. The Hall–Kier alpha value is -2.42. The Morgan fingerprint density at radius 2 is 2.14 bits per heavy atom. The second-order valence-corrected chi connectivity index (χ2v) is 10.1. The molecular formula is C19H26N4O4S. The first-order valence-electron chi connectivity index (χ1n) is 9.30. The highest BCUT2D eigenvalue weighted by molar-refractivity contribution is 7.91. The second-order valence-electron chi connectivity index (χ2n) is 7.91. The fraction of sp³-hybridized carbons (Fsp3) is 0.526. The summed E-state index contributed by atoms with van der Waals surface area (Å²) in [4.78, 5) is 17.0. The van der Waals surface area contributed by atoms with Crippen molar-refractivity contribution in [3.05, 3.63) is 35.7 Å². The van der Waals surface area contributed by atoms with Crippen molar-refractivity contribution in [3.8, 4) is 5.88 Å². The van der Waals surface area contributed by atoms with Crippen LogP contribution >= 0.6 is 0 Å². The van der Waals surface area contributed by atoms with Crippen molar-refractivity contribution in [1.29, 1.82) is 0 Å². The Kier molecular flexibility index (Phi) is 5.47. The van der Waals surface area contributed by atoms with E-state index in [1.165, 1.54) is 0 Å². The predicted molar refractivity (Wildman–Crippen MR) is 107 cm³/mol. The van der Waals surface area contributed by atoms with Crippen LogP contribution in [0.25, 0.3) is 0 Å². The number of carbonyl (C=O) groups is 1. The van der Waals surface area contributed by atoms with Gasteiger partial charge in [0.05, 0.1) is 29.8 Å². The number of nitrogens with one attached hydrogen (secondary N) is 1. The molecule has 0 radical (unpaired) electrons. The van der Waals surface area contributed by atoms with Gasteiger partial charge in [-0.2, -0.15) is 5.10 Å². The lowest BCUT2D eigenvalue weighted by Crippen LogP contribution is -2.20. The number of ether oxygens (including phenoxy) is 1. The standard InChI is InChI=1S/C19H26N4O4S/c1-5-27-18-14(7-6-9-20-18)17(24)21-16-11-15(19(2,3)4)22-23(16)13-8-10-28(25,26)12-13/h6-7,9,11,13H,5,8,10,12H2,1-4H3,(H,21,24). The summed E-state index contributed by atoms with van der Waals surface area (Å²) >= 11 is 0. The fourth-order valence-corrected chi connectivity index (χ4v) is 4.79. The smallest absolute Gasteiger partial charge is 0.262 e. The van der Waals surface area contributed by atoms with Gasteiger partial charge in [0.2, 0.25) is 5.88 Å². The number of amides is 1. The van der Waals surface area contributed by atoms with Gasteiger partial charge in [0, 0.05) is 17.7 Å². The first-order valence-corrected chi connectivity index (χ1v) is 11.1. The highest BCUT2D eigenvalue weighted by Crippen LogP contribution is 2.31. The van der Waals surface area contributed by atoms with Gasteiger partial charge in [0.25, 0.3) is 5.91 Å². The number of sulfone groups is 1. The molecule has 0 aliphatic carbocycles. The summed E-state index contributed by atoms with van der Waals surface area (Å²) in [7, 11) is -3.08. The van der Waals surface area contributed by atoms with E-state index in [2.05, 4.69) is 15.4 Å². The molecule has 0 spiro atoms. The van der Waals surface area contributed by atoms with E-state index in [0.29, 0.717) is 24.4 Å². The van der Waals surface area contributed by atoms with Crippen LogP contribution < -0.4 is 10.1 Å². The summed E-state index contributed by atoms with van der Waals surface area (Å²) in [5.41, 5.74) is 0.851. The molecule has 152 valence electrons. The summed E-state index contributed by atoms with van der Waals surface area (Å²) in [5, 5.41) is 7.49. The van der Waals surface area contributed by atoms with Crippen LogP contribution in [0.2, 0.25) is 0 Å². The summed E-state index contributed by atoms with van der Waals surface area (Å²) < 4.78 is 31.0. The molecule has 1 unspecified atom stereocenters. The number of anilines is 1. The fourth-order valence-electron chi connectivity index (χ4n) is 3.10. The van der Waals surface area contributed by atoms with Gasteiger partial charge in [-0.3, -0.25) is 4.79 Å². The van der Waals surface area contributed by atoms with E-state index in [0.717, 1.165) is 5.69 Å². The number of nitrogens with zero attached hydrogens (tertiary/aromatic N) is 3. The molecule has 1 saturated heterocycles. The quantitative estimate of drug-likeness (QED) is 0.819. The third-order valence-corrected chi connectivity index (χ3v) is 6.35. The van der Waals surface area contributed by atoms with E-state index in [9.17, 15) is 13.2 Å². The van der Waals surface area contributed by atoms with Crippen LogP contribution in [-0.2, 0) is 15.3 Å². The van der Waals surface area contributed by atoms with E-state index in [1.807, 2.05) is 27.7 Å². The molecule has 9 heteroatoms. The molecule has 1 amide bonds. The predicted octanol–water partition coefficient (Wildman–Crippen LogP) is 2.59. The van der Waals surface area contributed by atoms with Crippen molar-refractivity contribution in [1.82, 2.24) is 14.8 Å². The molecule has 1 fully saturated rings. The van der Waals surface area contributed by atoms with Crippen LogP contribution in [-0.4, -0.2) is 47.2 Å². The minimum atomic E-state index is -3.08. The SMILES string of the molecule is CCOc1ncccc1C(=O)Nc1cc(C(C)(C)C)nn1C1CCS(=O)(=O)C1. The highest BCUT2D eigenvalue weighted by atomic mass is 32.2. The zero-order valence-electron chi connectivity index (χ0n) is 16.6. The maximum Gasteiger partial charge on any atom is 0.262 e. The molecule has 1 atom stereocenters. The highest BCUT2D eigenvalue weighted by Gasteiger charge is 2.33. The van der Waals surface area contributed by atoms with Gasteiger partial charge >= 0.3 is 0 Å². The molecule has 1 aliphatic rings. The molecule has 3 heterocycles. The summed E-state index contributed by atoms with van der Waals surface area (Å²) in [6, 6.07) is 4.81. The number of aromatic nitrogens is 3. The van der Waals surface area contributed by atoms with Crippen LogP contribution in [0.4, 0.5) is 5.82 Å². The zero-order valence-corrected chi connectivity index (χ0v) is 17.4. The first-order chi connectivity index (χ1) is 13.1. The summed E-state index contributed by atoms with van der Waals surface area (Å²) in [5.74, 6) is 0.515. The molecule has 0 bridgehead atoms. The van der Waals surface area contributed by atoms with Crippen molar-refractivity contribution in [3.63, 3.8) is 0 Å². The third kappa shape index (κ3) is 4.35. The number of rotatable bonds is 5. The van der Waals surface area contributed by atoms with Gasteiger partial charge < -0.3 is 10.1 Å². The van der Waals surface area contributed by atoms with Crippen molar-refractivity contribution < 1.29 is 17.9 Å². The third-order valence-electron chi connectivity index (χ3n) is 4.60. The normalized spacial score (nSPS) is 18.8. The number of pyridine rings is 1. The van der Waals surface area contributed by atoms with Gasteiger partial charge in [-0.15, -0.1) is 0 Å². The van der Waals surface area contributed by atoms with Crippen LogP contribution in [0.15, 0.2) is 24.4 Å². The monoisotopic (exact) mass is 406 g/mol. The van der Waals surface area contributed by atoms with E-state index >= 15 is 0 Å². The molecule has 3 rings (SSSR count). The van der Waals surface area contributed by atoms with E-state index in [1.54, 1.807) is 29.1 Å². The Balaban J connectivity index is 1.95. The van der Waals surface area contributed by atoms with Crippen molar-refractivity contribution in [2.45, 2.75) is 45.6 Å². The molecule has 8 nitrogen and oxygen atoms in total. The van der Waals surface area contributed by atoms with Crippen LogP contribution in [0.3, 0.4) is 0 Å². The van der Waals surface area contributed by atoms with Crippen molar-refractivity contribution in [2.75, 3.05) is 23.4 Å². The lowest BCUT2D eigenvalue weighted by atomic mass is 9.92. The lowest BCUT2D eigenvalue weighted by Gasteiger charge is -2.16. The second kappa shape index (κ2) is 7.54. The minimum Gasteiger partial charge on any atom is -0.477 e. The maximum atomic E-state index is 12.9. The number of hydrogen-bond donors (Lipinski definition) is 1. The Morgan fingerprint density at radius 3 is 2.75 bits per heavy atom. The van der Waals surface area contributed by atoms with E-state index < -0.39 is 9.84 Å². The minimum absolute atomic E-state index is 0.0260. The molecule has 2 aromatic rings.